The van der Waals surface area contributed by atoms with Gasteiger partial charge in [0.1, 0.15) is 11.5 Å². The number of carbonyl (C=O) groups excluding carboxylic acids is 1. The van der Waals surface area contributed by atoms with Gasteiger partial charge < -0.3 is 10.5 Å². The molecule has 0 amide bonds. The van der Waals surface area contributed by atoms with Crippen LogP contribution in [-0.2, 0) is 17.6 Å². The Morgan fingerprint density at radius 1 is 1.06 bits per heavy atom. The van der Waals surface area contributed by atoms with E-state index in [2.05, 4.69) is 12.1 Å². The van der Waals surface area contributed by atoms with Crippen molar-refractivity contribution in [3.05, 3.63) is 63.1 Å². The molecule has 4 rings (SSSR count). The summed E-state index contributed by atoms with van der Waals surface area (Å²) in [5.41, 5.74) is 10.3. The third-order valence-corrected chi connectivity index (χ3v) is 7.04. The Kier molecular flexibility index (Phi) is 8.69. The number of halogens is 3. The monoisotopic (exact) mass is 481 g/mol. The summed E-state index contributed by atoms with van der Waals surface area (Å²) in [6.45, 7) is 0.568. The highest BCUT2D eigenvalue weighted by Crippen LogP contribution is 2.37. The second kappa shape index (κ2) is 11.0. The Hall–Kier alpha value is -1.26. The van der Waals surface area contributed by atoms with Crippen molar-refractivity contribution in [3.63, 3.8) is 0 Å². The molecule has 0 bridgehead atoms. The molecule has 0 saturated heterocycles. The molecule has 0 radical (unpaired) electrons. The van der Waals surface area contributed by atoms with Gasteiger partial charge in [-0.3, -0.25) is 4.79 Å². The van der Waals surface area contributed by atoms with Crippen molar-refractivity contribution in [1.29, 1.82) is 0 Å². The largest absolute Gasteiger partial charge is 0.494 e. The summed E-state index contributed by atoms with van der Waals surface area (Å²) in [6, 6.07) is 12.2. The zero-order valence-electron chi connectivity index (χ0n) is 17.6. The van der Waals surface area contributed by atoms with Crippen LogP contribution in [0.15, 0.2) is 36.4 Å². The number of nitrogens with two attached hydrogens (primary N) is 1. The lowest BCUT2D eigenvalue weighted by atomic mass is 9.76. The Balaban J connectivity index is 0.00000272. The van der Waals surface area contributed by atoms with Gasteiger partial charge in [-0.05, 0) is 85.4 Å². The second-order valence-corrected chi connectivity index (χ2v) is 9.57. The quantitative estimate of drug-likeness (QED) is 0.413. The van der Waals surface area contributed by atoms with Gasteiger partial charge in [-0.25, -0.2) is 0 Å². The van der Waals surface area contributed by atoms with Crippen molar-refractivity contribution < 1.29 is 9.53 Å². The second-order valence-electron chi connectivity index (χ2n) is 8.76. The van der Waals surface area contributed by atoms with Crippen LogP contribution >= 0.6 is 35.6 Å². The highest BCUT2D eigenvalue weighted by atomic mass is 35.5. The molecule has 2 aliphatic rings. The molecule has 168 valence electrons. The lowest BCUT2D eigenvalue weighted by molar-refractivity contribution is -0.119. The summed E-state index contributed by atoms with van der Waals surface area (Å²) in [5, 5.41) is 1.15. The number of fused-ring (bicyclic) bond motifs is 1. The van der Waals surface area contributed by atoms with E-state index in [1.165, 1.54) is 24.0 Å². The average Bonchev–Trinajstić information content (AvgIpc) is 3.54. The summed E-state index contributed by atoms with van der Waals surface area (Å²) < 4.78 is 5.98. The maximum atomic E-state index is 11.9. The molecule has 2 atom stereocenters. The van der Waals surface area contributed by atoms with Crippen molar-refractivity contribution in [2.45, 2.75) is 63.3 Å². The minimum Gasteiger partial charge on any atom is -0.494 e. The van der Waals surface area contributed by atoms with Gasteiger partial charge in [-0.15, -0.1) is 12.4 Å². The van der Waals surface area contributed by atoms with E-state index >= 15 is 0 Å². The van der Waals surface area contributed by atoms with Crippen LogP contribution in [0.2, 0.25) is 10.0 Å². The van der Waals surface area contributed by atoms with Crippen LogP contribution in [0.25, 0.3) is 0 Å². The number of Topliss-reactive ketones (excluding diaryl/α,β-unsaturated/α-hetero) is 1. The molecule has 0 aliphatic heterocycles. The molecule has 0 spiro atoms. The van der Waals surface area contributed by atoms with Gasteiger partial charge in [0, 0.05) is 24.8 Å². The fourth-order valence-electron chi connectivity index (χ4n) is 4.38. The summed E-state index contributed by atoms with van der Waals surface area (Å²) in [4.78, 5) is 11.9. The first kappa shape index (κ1) is 24.4. The van der Waals surface area contributed by atoms with Crippen molar-refractivity contribution in [2.24, 2.45) is 11.7 Å². The van der Waals surface area contributed by atoms with E-state index in [9.17, 15) is 4.79 Å². The van der Waals surface area contributed by atoms with Gasteiger partial charge in [-0.1, -0.05) is 35.3 Å². The molecule has 1 saturated carbocycles. The van der Waals surface area contributed by atoms with E-state index in [1.54, 1.807) is 0 Å². The maximum Gasteiger partial charge on any atom is 0.133 e. The third-order valence-electron chi connectivity index (χ3n) is 6.30. The zero-order valence-corrected chi connectivity index (χ0v) is 19.9. The first-order valence-corrected chi connectivity index (χ1v) is 11.7. The maximum absolute atomic E-state index is 11.9. The topological polar surface area (TPSA) is 52.3 Å². The van der Waals surface area contributed by atoms with Crippen LogP contribution in [0.1, 0.15) is 61.1 Å². The highest BCUT2D eigenvalue weighted by molar-refractivity contribution is 6.42. The fourth-order valence-corrected chi connectivity index (χ4v) is 4.70. The lowest BCUT2D eigenvalue weighted by Crippen LogP contribution is -2.34. The van der Waals surface area contributed by atoms with Gasteiger partial charge >= 0.3 is 0 Å². The van der Waals surface area contributed by atoms with Gasteiger partial charge in [-0.2, -0.15) is 0 Å². The molecule has 2 aromatic rings. The first-order chi connectivity index (χ1) is 14.5. The predicted octanol–water partition coefficient (Wildman–Crippen LogP) is 6.54. The smallest absolute Gasteiger partial charge is 0.133 e. The number of aryl methyl sites for hydroxylation is 1. The van der Waals surface area contributed by atoms with Gasteiger partial charge in [0.25, 0.3) is 0 Å². The Morgan fingerprint density at radius 3 is 2.61 bits per heavy atom. The average molecular weight is 483 g/mol. The van der Waals surface area contributed by atoms with Crippen LogP contribution in [-0.4, -0.2) is 18.4 Å². The van der Waals surface area contributed by atoms with Crippen LogP contribution in [0.5, 0.6) is 5.75 Å². The van der Waals surface area contributed by atoms with E-state index in [4.69, 9.17) is 33.7 Å². The van der Waals surface area contributed by atoms with Gasteiger partial charge in [0.05, 0.1) is 16.7 Å². The Morgan fingerprint density at radius 2 is 1.87 bits per heavy atom. The van der Waals surface area contributed by atoms with E-state index < -0.39 is 0 Å². The van der Waals surface area contributed by atoms with E-state index in [-0.39, 0.29) is 24.4 Å². The van der Waals surface area contributed by atoms with Crippen molar-refractivity contribution in [3.8, 4) is 5.75 Å². The molecule has 6 heteroatoms. The van der Waals surface area contributed by atoms with E-state index in [1.807, 2.05) is 24.3 Å². The van der Waals surface area contributed by atoms with Crippen LogP contribution in [0.3, 0.4) is 0 Å². The van der Waals surface area contributed by atoms with Gasteiger partial charge in [0.2, 0.25) is 0 Å². The van der Waals surface area contributed by atoms with Crippen LogP contribution in [0.4, 0.5) is 0 Å². The molecule has 2 aliphatic carbocycles. The SMILES string of the molecule is Cl.NC1CCc2ccc(OCCCC(=O)CC3CC3)cc2C1Cc1ccc(Cl)c(Cl)c1. The van der Waals surface area contributed by atoms with E-state index in [0.717, 1.165) is 43.4 Å². The summed E-state index contributed by atoms with van der Waals surface area (Å²) >= 11 is 12.3. The minimum atomic E-state index is 0. The normalized spacial score (nSPS) is 20.0. The molecule has 31 heavy (non-hydrogen) atoms. The van der Waals surface area contributed by atoms with Crippen molar-refractivity contribution in [1.82, 2.24) is 0 Å². The van der Waals surface area contributed by atoms with E-state index in [0.29, 0.717) is 34.8 Å². The van der Waals surface area contributed by atoms with Crippen LogP contribution in [0, 0.1) is 5.92 Å². The Labute approximate surface area is 201 Å². The number of ether oxygens (including phenoxy) is 1. The molecular weight excluding hydrogens is 453 g/mol. The fraction of sp³-hybridized carbons (Fsp3) is 0.480. The number of hydrogen-bond acceptors (Lipinski definition) is 3. The third kappa shape index (κ3) is 6.61. The Bertz CT molecular complexity index is 914. The predicted molar refractivity (Wildman–Crippen MR) is 130 cm³/mol. The van der Waals surface area contributed by atoms with Gasteiger partial charge in [0.15, 0.2) is 0 Å². The molecule has 3 nitrogen and oxygen atoms in total. The first-order valence-electron chi connectivity index (χ1n) is 11.0. The molecule has 2 unspecified atom stereocenters. The molecule has 1 fully saturated rings. The zero-order chi connectivity index (χ0) is 21.1. The summed E-state index contributed by atoms with van der Waals surface area (Å²) in [6.07, 6.45) is 7.39. The molecule has 2 aromatic carbocycles. The number of benzene rings is 2. The van der Waals surface area contributed by atoms with Crippen molar-refractivity contribution >= 4 is 41.4 Å². The summed E-state index contributed by atoms with van der Waals surface area (Å²) in [5.74, 6) is 2.11. The number of hydrogen-bond donors (Lipinski definition) is 1. The number of ketones is 1. The van der Waals surface area contributed by atoms with Crippen molar-refractivity contribution in [2.75, 3.05) is 6.61 Å². The molecule has 0 heterocycles. The molecule has 0 aromatic heterocycles. The summed E-state index contributed by atoms with van der Waals surface area (Å²) in [7, 11) is 0. The lowest BCUT2D eigenvalue weighted by Gasteiger charge is -2.32. The number of rotatable bonds is 9. The molecular formula is C25H30Cl3NO2. The standard InChI is InChI=1S/C25H29Cl2NO2.ClH/c26-23-9-5-17(14-24(23)27)13-22-21-15-20(8-6-18(21)7-10-25(22)28)30-11-1-2-19(29)12-16-3-4-16;/h5-6,8-9,14-16,22,25H,1-4,7,10-13,28H2;1H. The van der Waals surface area contributed by atoms with Crippen LogP contribution < -0.4 is 10.5 Å². The minimum absolute atomic E-state index is 0. The highest BCUT2D eigenvalue weighted by Gasteiger charge is 2.28. The number of carbonyl (C=O) groups is 1. The molecule has 2 N–H and O–H groups in total.